The van der Waals surface area contributed by atoms with Crippen LogP contribution in [-0.4, -0.2) is 62.8 Å². The molecular weight excluding hydrogens is 590 g/mol. The van der Waals surface area contributed by atoms with Crippen molar-refractivity contribution >= 4 is 38.8 Å². The first-order valence-corrected chi connectivity index (χ1v) is 16.7. The first-order chi connectivity index (χ1) is 20.4. The first-order valence-electron chi connectivity index (χ1n) is 14.4. The standard InChI is InChI=1S/C30H39N5O6S2/c1-18(2)40-29(36)34-20-10-8-19(9-11-20)27-32-16-24(42-27)23-13-12-21(15-25(23)43(37,38)35-30(3,4)5)33-26-28(41-26)39-17-22-7-6-14-31-22/h8-13,15-16,18,22,26,28,31,33,35H,6-7,14,17H2,1-5H3,(H,34,36)/t22?,26?,28-/m0/s1. The molecule has 2 fully saturated rings. The van der Waals surface area contributed by atoms with Gasteiger partial charge in [-0.2, -0.15) is 0 Å². The molecule has 0 saturated carbocycles. The third-order valence-corrected chi connectivity index (χ3v) is 9.47. The third-order valence-electron chi connectivity index (χ3n) is 6.59. The summed E-state index contributed by atoms with van der Waals surface area (Å²) >= 11 is 1.38. The van der Waals surface area contributed by atoms with Crippen LogP contribution in [-0.2, 0) is 24.2 Å². The zero-order valence-corrected chi connectivity index (χ0v) is 26.6. The van der Waals surface area contributed by atoms with E-state index in [2.05, 4.69) is 25.7 Å². The Balaban J connectivity index is 1.34. The highest BCUT2D eigenvalue weighted by molar-refractivity contribution is 7.89. The predicted octanol–water partition coefficient (Wildman–Crippen LogP) is 5.37. The molecule has 0 spiro atoms. The van der Waals surface area contributed by atoms with Crippen molar-refractivity contribution in [3.05, 3.63) is 48.7 Å². The van der Waals surface area contributed by atoms with Crippen molar-refractivity contribution in [2.45, 2.75) is 82.6 Å². The number of aromatic nitrogens is 1. The summed E-state index contributed by atoms with van der Waals surface area (Å²) in [6, 6.07) is 12.8. The second-order valence-electron chi connectivity index (χ2n) is 11.9. The maximum atomic E-state index is 13.6. The van der Waals surface area contributed by atoms with Crippen LogP contribution in [0.1, 0.15) is 47.5 Å². The maximum absolute atomic E-state index is 13.6. The Kier molecular flexibility index (Phi) is 9.40. The fourth-order valence-corrected chi connectivity index (χ4v) is 7.38. The second-order valence-corrected chi connectivity index (χ2v) is 14.6. The van der Waals surface area contributed by atoms with Crippen molar-refractivity contribution in [3.8, 4) is 21.0 Å². The van der Waals surface area contributed by atoms with Crippen LogP contribution >= 0.6 is 11.3 Å². The third kappa shape index (κ3) is 8.52. The van der Waals surface area contributed by atoms with E-state index in [1.54, 1.807) is 65.1 Å². The van der Waals surface area contributed by atoms with E-state index in [9.17, 15) is 13.2 Å². The van der Waals surface area contributed by atoms with Gasteiger partial charge in [0.1, 0.15) is 5.01 Å². The molecule has 2 aliphatic rings. The Morgan fingerprint density at radius 1 is 1.16 bits per heavy atom. The molecule has 13 heteroatoms. The minimum atomic E-state index is -3.89. The lowest BCUT2D eigenvalue weighted by Crippen LogP contribution is -2.40. The molecule has 3 heterocycles. The van der Waals surface area contributed by atoms with Crippen molar-refractivity contribution in [1.82, 2.24) is 15.0 Å². The van der Waals surface area contributed by atoms with E-state index in [4.69, 9.17) is 14.2 Å². The lowest BCUT2D eigenvalue weighted by Gasteiger charge is -2.22. The molecule has 1 amide bonds. The predicted molar refractivity (Wildman–Crippen MR) is 168 cm³/mol. The van der Waals surface area contributed by atoms with Gasteiger partial charge in [0.2, 0.25) is 16.3 Å². The minimum Gasteiger partial charge on any atom is -0.447 e. The molecule has 43 heavy (non-hydrogen) atoms. The van der Waals surface area contributed by atoms with E-state index in [0.29, 0.717) is 39.5 Å². The van der Waals surface area contributed by atoms with Gasteiger partial charge in [-0.25, -0.2) is 22.9 Å². The van der Waals surface area contributed by atoms with E-state index in [-0.39, 0.29) is 23.5 Å². The van der Waals surface area contributed by atoms with Gasteiger partial charge >= 0.3 is 6.09 Å². The number of rotatable bonds is 11. The summed E-state index contributed by atoms with van der Waals surface area (Å²) in [5, 5.41) is 10.0. The summed E-state index contributed by atoms with van der Waals surface area (Å²) in [5.41, 5.74) is 1.90. The smallest absolute Gasteiger partial charge is 0.411 e. The molecule has 1 aromatic heterocycles. The largest absolute Gasteiger partial charge is 0.447 e. The van der Waals surface area contributed by atoms with Crippen molar-refractivity contribution in [2.75, 3.05) is 23.8 Å². The number of ether oxygens (including phenoxy) is 3. The maximum Gasteiger partial charge on any atom is 0.411 e. The SMILES string of the molecule is CC(C)OC(=O)Nc1ccc(-c2ncc(-c3ccc(NC4O[C@@H]4OCC4CCCN4)cc3S(=O)(=O)NC(C)(C)C)s2)cc1. The van der Waals surface area contributed by atoms with Crippen LogP contribution in [0, 0.1) is 0 Å². The number of carbonyl (C=O) groups is 1. The molecule has 2 aliphatic heterocycles. The number of epoxide rings is 1. The molecule has 4 N–H and O–H groups in total. The molecule has 3 atom stereocenters. The van der Waals surface area contributed by atoms with Gasteiger partial charge in [0.15, 0.2) is 6.23 Å². The number of amides is 1. The monoisotopic (exact) mass is 629 g/mol. The van der Waals surface area contributed by atoms with E-state index in [0.717, 1.165) is 24.9 Å². The summed E-state index contributed by atoms with van der Waals surface area (Å²) in [4.78, 5) is 17.3. The van der Waals surface area contributed by atoms with E-state index in [1.807, 2.05) is 18.2 Å². The van der Waals surface area contributed by atoms with Crippen LogP contribution in [0.3, 0.4) is 0 Å². The highest BCUT2D eigenvalue weighted by Gasteiger charge is 2.41. The fourth-order valence-electron chi connectivity index (χ4n) is 4.69. The summed E-state index contributed by atoms with van der Waals surface area (Å²) in [7, 11) is -3.89. The van der Waals surface area contributed by atoms with Gasteiger partial charge in [0.25, 0.3) is 0 Å². The summed E-state index contributed by atoms with van der Waals surface area (Å²) in [6.45, 7) is 10.6. The average molecular weight is 630 g/mol. The fraction of sp³-hybridized carbons (Fsp3) is 0.467. The molecular formula is C30H39N5O6S2. The van der Waals surface area contributed by atoms with Gasteiger partial charge in [-0.1, -0.05) is 6.07 Å². The second kappa shape index (κ2) is 12.9. The lowest BCUT2D eigenvalue weighted by atomic mass is 10.1. The number of anilines is 2. The highest BCUT2D eigenvalue weighted by atomic mass is 32.2. The van der Waals surface area contributed by atoms with Gasteiger partial charge in [-0.05, 0) is 90.4 Å². The number of thiazole rings is 1. The number of hydrogen-bond acceptors (Lipinski definition) is 10. The van der Waals surface area contributed by atoms with Crippen molar-refractivity contribution in [2.24, 2.45) is 0 Å². The Morgan fingerprint density at radius 3 is 2.58 bits per heavy atom. The first kappa shape index (κ1) is 31.4. The topological polar surface area (TPSA) is 143 Å². The van der Waals surface area contributed by atoms with E-state index < -0.39 is 21.7 Å². The molecule has 0 radical (unpaired) electrons. The van der Waals surface area contributed by atoms with Crippen LogP contribution in [0.5, 0.6) is 0 Å². The molecule has 2 saturated heterocycles. The Morgan fingerprint density at radius 2 is 1.91 bits per heavy atom. The number of benzene rings is 2. The van der Waals surface area contributed by atoms with E-state index >= 15 is 0 Å². The Hall–Kier alpha value is -3.07. The van der Waals surface area contributed by atoms with Crippen LogP contribution in [0.2, 0.25) is 0 Å². The Bertz CT molecular complexity index is 1530. The van der Waals surface area contributed by atoms with Crippen LogP contribution < -0.4 is 20.7 Å². The lowest BCUT2D eigenvalue weighted by molar-refractivity contribution is 0.0391. The molecule has 0 aliphatic carbocycles. The van der Waals surface area contributed by atoms with Crippen molar-refractivity contribution in [1.29, 1.82) is 0 Å². The highest BCUT2D eigenvalue weighted by Crippen LogP contribution is 2.38. The zero-order valence-electron chi connectivity index (χ0n) is 25.0. The van der Waals surface area contributed by atoms with Crippen molar-refractivity contribution in [3.63, 3.8) is 0 Å². The quantitative estimate of drug-likeness (QED) is 0.206. The number of nitrogens with one attached hydrogen (secondary N) is 4. The summed E-state index contributed by atoms with van der Waals surface area (Å²) in [5.74, 6) is 0. The molecule has 3 aromatic rings. The molecule has 5 rings (SSSR count). The van der Waals surface area contributed by atoms with Crippen LogP contribution in [0.4, 0.5) is 16.2 Å². The average Bonchev–Trinajstić information content (AvgIpc) is 3.28. The number of sulfonamides is 1. The van der Waals surface area contributed by atoms with Gasteiger partial charge in [0.05, 0.1) is 22.5 Å². The summed E-state index contributed by atoms with van der Waals surface area (Å²) < 4.78 is 46.6. The molecule has 0 bridgehead atoms. The molecule has 11 nitrogen and oxygen atoms in total. The van der Waals surface area contributed by atoms with Gasteiger partial charge in [-0.3, -0.25) is 5.32 Å². The van der Waals surface area contributed by atoms with Gasteiger partial charge < -0.3 is 24.8 Å². The molecule has 2 unspecified atom stereocenters. The number of hydrogen-bond donors (Lipinski definition) is 4. The molecule has 232 valence electrons. The van der Waals surface area contributed by atoms with Gasteiger partial charge in [0, 0.05) is 40.3 Å². The van der Waals surface area contributed by atoms with Gasteiger partial charge in [-0.15, -0.1) is 11.3 Å². The Labute approximate surface area is 256 Å². The zero-order chi connectivity index (χ0) is 30.8. The summed E-state index contributed by atoms with van der Waals surface area (Å²) in [6.07, 6.45) is 2.45. The van der Waals surface area contributed by atoms with E-state index in [1.165, 1.54) is 11.3 Å². The number of nitrogens with zero attached hydrogens (tertiary/aromatic N) is 1. The molecule has 2 aromatic carbocycles. The van der Waals surface area contributed by atoms with Crippen LogP contribution in [0.25, 0.3) is 21.0 Å². The normalized spacial score (nSPS) is 20.3. The number of carbonyl (C=O) groups excluding carboxylic acids is 1. The van der Waals surface area contributed by atoms with Crippen LogP contribution in [0.15, 0.2) is 53.6 Å². The van der Waals surface area contributed by atoms with Crippen molar-refractivity contribution < 1.29 is 27.4 Å². The minimum absolute atomic E-state index is 0.138.